The maximum Gasteiger partial charge on any atom is 0.272 e. The summed E-state index contributed by atoms with van der Waals surface area (Å²) in [6.07, 6.45) is 4.56. The number of likely N-dealkylation sites (tertiary alicyclic amines) is 1. The van der Waals surface area contributed by atoms with Crippen molar-refractivity contribution in [2.24, 2.45) is 0 Å². The lowest BCUT2D eigenvalue weighted by molar-refractivity contribution is -0.0874. The molecule has 5 nitrogen and oxygen atoms in total. The first-order valence-electron chi connectivity index (χ1n) is 10.8. The van der Waals surface area contributed by atoms with Gasteiger partial charge in [0.2, 0.25) is 0 Å². The SMILES string of the molecule is CCc1ccc(C(=O)N2CCC3(CC2)C[C@@H](OC(C)C)c2cc(F)ccc2O3)nc1. The second-order valence-electron chi connectivity index (χ2n) is 8.54. The van der Waals surface area contributed by atoms with Crippen LogP contribution < -0.4 is 4.74 Å². The zero-order valence-electron chi connectivity index (χ0n) is 17.9. The Balaban J connectivity index is 1.48. The topological polar surface area (TPSA) is 51.7 Å². The Hall–Kier alpha value is -2.47. The molecule has 1 atom stereocenters. The first-order valence-corrected chi connectivity index (χ1v) is 10.8. The number of carbonyl (C=O) groups is 1. The molecule has 0 bridgehead atoms. The van der Waals surface area contributed by atoms with Gasteiger partial charge in [0.15, 0.2) is 0 Å². The molecule has 2 aromatic rings. The van der Waals surface area contributed by atoms with E-state index >= 15 is 0 Å². The Morgan fingerprint density at radius 3 is 2.70 bits per heavy atom. The molecule has 2 aliphatic rings. The number of benzene rings is 1. The molecule has 4 rings (SSSR count). The molecule has 1 aromatic heterocycles. The number of halogens is 1. The minimum absolute atomic E-state index is 0.0279. The Morgan fingerprint density at radius 2 is 2.07 bits per heavy atom. The zero-order chi connectivity index (χ0) is 21.3. The van der Waals surface area contributed by atoms with Crippen molar-refractivity contribution in [3.05, 3.63) is 59.2 Å². The molecule has 1 aromatic carbocycles. The molecule has 1 fully saturated rings. The van der Waals surface area contributed by atoms with Crippen LogP contribution in [0.2, 0.25) is 0 Å². The van der Waals surface area contributed by atoms with Gasteiger partial charge < -0.3 is 14.4 Å². The summed E-state index contributed by atoms with van der Waals surface area (Å²) in [7, 11) is 0. The third kappa shape index (κ3) is 4.19. The summed E-state index contributed by atoms with van der Waals surface area (Å²) in [5.74, 6) is 0.360. The predicted octanol–water partition coefficient (Wildman–Crippen LogP) is 4.71. The van der Waals surface area contributed by atoms with Gasteiger partial charge in [-0.15, -0.1) is 0 Å². The van der Waals surface area contributed by atoms with Crippen molar-refractivity contribution in [2.45, 2.75) is 64.3 Å². The van der Waals surface area contributed by atoms with E-state index in [0.29, 0.717) is 43.8 Å². The lowest BCUT2D eigenvalue weighted by Gasteiger charge is -2.47. The average molecular weight is 413 g/mol. The van der Waals surface area contributed by atoms with E-state index in [1.807, 2.05) is 24.8 Å². The number of fused-ring (bicyclic) bond motifs is 1. The van der Waals surface area contributed by atoms with Gasteiger partial charge in [0.25, 0.3) is 5.91 Å². The van der Waals surface area contributed by atoms with Gasteiger partial charge in [-0.05, 0) is 50.1 Å². The average Bonchev–Trinajstić information content (AvgIpc) is 2.74. The highest BCUT2D eigenvalue weighted by molar-refractivity contribution is 5.92. The maximum atomic E-state index is 13.8. The maximum absolute atomic E-state index is 13.8. The Bertz CT molecular complexity index is 905. The molecule has 30 heavy (non-hydrogen) atoms. The highest BCUT2D eigenvalue weighted by atomic mass is 19.1. The fourth-order valence-electron chi connectivity index (χ4n) is 4.38. The molecule has 6 heteroatoms. The van der Waals surface area contributed by atoms with Gasteiger partial charge in [-0.1, -0.05) is 13.0 Å². The molecule has 1 saturated heterocycles. The molecule has 1 amide bonds. The van der Waals surface area contributed by atoms with Crippen LogP contribution in [0.4, 0.5) is 4.39 Å². The molecule has 2 aliphatic heterocycles. The number of aromatic nitrogens is 1. The van der Waals surface area contributed by atoms with E-state index in [-0.39, 0.29) is 23.9 Å². The standard InChI is InChI=1S/C24H29FN2O3/c1-4-17-5-7-20(26-15-17)23(28)27-11-9-24(10-12-27)14-22(29-16(2)3)19-13-18(25)6-8-21(19)30-24/h5-8,13,15-16,22H,4,9-12,14H2,1-3H3/t22-/m1/s1. The molecule has 160 valence electrons. The number of pyridine rings is 1. The van der Waals surface area contributed by atoms with Gasteiger partial charge in [-0.3, -0.25) is 9.78 Å². The molecule has 0 unspecified atom stereocenters. The van der Waals surface area contributed by atoms with Gasteiger partial charge in [0.1, 0.15) is 22.9 Å². The summed E-state index contributed by atoms with van der Waals surface area (Å²) in [6.45, 7) is 7.23. The number of rotatable bonds is 4. The highest BCUT2D eigenvalue weighted by Crippen LogP contribution is 2.46. The van der Waals surface area contributed by atoms with E-state index in [9.17, 15) is 9.18 Å². The van der Waals surface area contributed by atoms with Crippen LogP contribution in [-0.2, 0) is 11.2 Å². The molecule has 0 saturated carbocycles. The third-order valence-corrected chi connectivity index (χ3v) is 6.05. The van der Waals surface area contributed by atoms with Crippen LogP contribution >= 0.6 is 0 Å². The summed E-state index contributed by atoms with van der Waals surface area (Å²) < 4.78 is 26.3. The largest absolute Gasteiger partial charge is 0.487 e. The lowest BCUT2D eigenvalue weighted by Crippen LogP contribution is -2.52. The summed E-state index contributed by atoms with van der Waals surface area (Å²) in [5, 5.41) is 0. The minimum atomic E-state index is -0.402. The Morgan fingerprint density at radius 1 is 1.30 bits per heavy atom. The van der Waals surface area contributed by atoms with Gasteiger partial charge in [0.05, 0.1) is 12.2 Å². The highest BCUT2D eigenvalue weighted by Gasteiger charge is 2.45. The molecule has 0 N–H and O–H groups in total. The minimum Gasteiger partial charge on any atom is -0.487 e. The van der Waals surface area contributed by atoms with Crippen molar-refractivity contribution >= 4 is 5.91 Å². The number of amides is 1. The molecule has 3 heterocycles. The number of nitrogens with zero attached hydrogens (tertiary/aromatic N) is 2. The quantitative estimate of drug-likeness (QED) is 0.730. The van der Waals surface area contributed by atoms with E-state index in [4.69, 9.17) is 9.47 Å². The van der Waals surface area contributed by atoms with Crippen LogP contribution in [0.25, 0.3) is 0 Å². The number of ether oxygens (including phenoxy) is 2. The number of piperidine rings is 1. The Kier molecular flexibility index (Phi) is 5.78. The van der Waals surface area contributed by atoms with E-state index in [1.54, 1.807) is 18.3 Å². The smallest absolute Gasteiger partial charge is 0.272 e. The number of hydrogen-bond donors (Lipinski definition) is 0. The molecule has 0 aliphatic carbocycles. The van der Waals surface area contributed by atoms with E-state index in [0.717, 1.165) is 17.5 Å². The van der Waals surface area contributed by atoms with Crippen LogP contribution in [0.5, 0.6) is 5.75 Å². The van der Waals surface area contributed by atoms with Crippen molar-refractivity contribution < 1.29 is 18.7 Å². The van der Waals surface area contributed by atoms with Crippen LogP contribution in [0.15, 0.2) is 36.5 Å². The van der Waals surface area contributed by atoms with Crippen molar-refractivity contribution in [3.8, 4) is 5.75 Å². The van der Waals surface area contributed by atoms with Crippen molar-refractivity contribution in [1.82, 2.24) is 9.88 Å². The van der Waals surface area contributed by atoms with Gasteiger partial charge in [0, 0.05) is 44.1 Å². The summed E-state index contributed by atoms with van der Waals surface area (Å²) in [5.41, 5.74) is 1.97. The second-order valence-corrected chi connectivity index (χ2v) is 8.54. The van der Waals surface area contributed by atoms with Crippen molar-refractivity contribution in [3.63, 3.8) is 0 Å². The second kappa shape index (κ2) is 8.34. The first-order chi connectivity index (χ1) is 14.4. The monoisotopic (exact) mass is 412 g/mol. The van der Waals surface area contributed by atoms with Gasteiger partial charge in [-0.25, -0.2) is 4.39 Å². The fourth-order valence-corrected chi connectivity index (χ4v) is 4.38. The van der Waals surface area contributed by atoms with Crippen LogP contribution in [0.3, 0.4) is 0 Å². The molecule has 0 radical (unpaired) electrons. The number of aryl methyl sites for hydroxylation is 1. The zero-order valence-corrected chi connectivity index (χ0v) is 17.9. The molecular weight excluding hydrogens is 383 g/mol. The number of hydrogen-bond acceptors (Lipinski definition) is 4. The molecule has 1 spiro atoms. The number of carbonyl (C=O) groups excluding carboxylic acids is 1. The van der Waals surface area contributed by atoms with Crippen LogP contribution in [-0.4, -0.2) is 40.6 Å². The predicted molar refractivity (Wildman–Crippen MR) is 112 cm³/mol. The van der Waals surface area contributed by atoms with Crippen LogP contribution in [0.1, 0.15) is 67.8 Å². The molecular formula is C24H29FN2O3. The first kappa shape index (κ1) is 20.8. The Labute approximate surface area is 177 Å². The van der Waals surface area contributed by atoms with E-state index < -0.39 is 5.60 Å². The summed E-state index contributed by atoms with van der Waals surface area (Å²) >= 11 is 0. The summed E-state index contributed by atoms with van der Waals surface area (Å²) in [6, 6.07) is 8.40. The van der Waals surface area contributed by atoms with Crippen molar-refractivity contribution in [1.29, 1.82) is 0 Å². The lowest BCUT2D eigenvalue weighted by atomic mass is 9.81. The van der Waals surface area contributed by atoms with Crippen molar-refractivity contribution in [2.75, 3.05) is 13.1 Å². The van der Waals surface area contributed by atoms with Gasteiger partial charge >= 0.3 is 0 Å². The third-order valence-electron chi connectivity index (χ3n) is 6.05. The van der Waals surface area contributed by atoms with E-state index in [1.165, 1.54) is 12.1 Å². The summed E-state index contributed by atoms with van der Waals surface area (Å²) in [4.78, 5) is 19.1. The fraction of sp³-hybridized carbons (Fsp3) is 0.500. The van der Waals surface area contributed by atoms with E-state index in [2.05, 4.69) is 11.9 Å². The van der Waals surface area contributed by atoms with Crippen LogP contribution in [0, 0.1) is 5.82 Å². The normalized spacial score (nSPS) is 20.2. The van der Waals surface area contributed by atoms with Gasteiger partial charge in [-0.2, -0.15) is 0 Å².